The minimum absolute atomic E-state index is 0.328. The fraction of sp³-hybridized carbons (Fsp3) is 0.400. The Morgan fingerprint density at radius 3 is 2.78 bits per heavy atom. The van der Waals surface area contributed by atoms with Crippen molar-refractivity contribution in [1.82, 2.24) is 10.2 Å². The maximum absolute atomic E-state index is 12.3. The molecular weight excluding hydrogens is 121 g/mol. The number of rotatable bonds is 1. The van der Waals surface area contributed by atoms with E-state index in [0.717, 1.165) is 0 Å². The summed E-state index contributed by atoms with van der Waals surface area (Å²) in [5, 5.41) is 6.01. The summed E-state index contributed by atoms with van der Waals surface area (Å²) in [4.78, 5) is 0. The molecule has 0 radical (unpaired) electrons. The van der Waals surface area contributed by atoms with Gasteiger partial charge in [-0.25, -0.2) is 4.39 Å². The fourth-order valence-corrected chi connectivity index (χ4v) is 0.557. The van der Waals surface area contributed by atoms with E-state index in [2.05, 4.69) is 10.2 Å². The van der Waals surface area contributed by atoms with Gasteiger partial charge < -0.3 is 5.73 Å². The van der Waals surface area contributed by atoms with Crippen LogP contribution >= 0.6 is 0 Å². The Kier molecular flexibility index (Phi) is 1.38. The Bertz CT molecular complexity index is 194. The molecule has 0 aliphatic heterocycles. The van der Waals surface area contributed by atoms with Crippen LogP contribution in [0, 0.1) is 0 Å². The molecule has 1 heterocycles. The van der Waals surface area contributed by atoms with E-state index in [4.69, 9.17) is 5.73 Å². The third-order valence-electron chi connectivity index (χ3n) is 1.05. The number of aromatic amines is 1. The molecule has 3 N–H and O–H groups in total. The van der Waals surface area contributed by atoms with Crippen molar-refractivity contribution in [3.05, 3.63) is 11.8 Å². The van der Waals surface area contributed by atoms with Gasteiger partial charge in [0.1, 0.15) is 12.0 Å². The lowest BCUT2D eigenvalue weighted by Crippen LogP contribution is -1.83. The van der Waals surface area contributed by atoms with Crippen LogP contribution in [0.3, 0.4) is 0 Å². The predicted octanol–water partition coefficient (Wildman–Crippen LogP) is 1.02. The van der Waals surface area contributed by atoms with Gasteiger partial charge in [-0.2, -0.15) is 5.10 Å². The van der Waals surface area contributed by atoms with Crippen LogP contribution in [-0.2, 0) is 0 Å². The van der Waals surface area contributed by atoms with E-state index in [0.29, 0.717) is 11.5 Å². The van der Waals surface area contributed by atoms with E-state index in [9.17, 15) is 4.39 Å². The van der Waals surface area contributed by atoms with Crippen LogP contribution in [-0.4, -0.2) is 10.2 Å². The Labute approximate surface area is 52.1 Å². The first kappa shape index (κ1) is 6.07. The number of nitrogens with zero attached hydrogens (tertiary/aromatic N) is 1. The number of hydrogen-bond acceptors (Lipinski definition) is 2. The highest BCUT2D eigenvalue weighted by Crippen LogP contribution is 2.14. The van der Waals surface area contributed by atoms with Gasteiger partial charge in [-0.3, -0.25) is 5.10 Å². The first-order chi connectivity index (χ1) is 4.20. The molecule has 1 atom stereocenters. The van der Waals surface area contributed by atoms with Crippen molar-refractivity contribution in [2.45, 2.75) is 13.1 Å². The highest BCUT2D eigenvalue weighted by Gasteiger charge is 2.03. The predicted molar refractivity (Wildman–Crippen MR) is 32.5 cm³/mol. The zero-order chi connectivity index (χ0) is 6.85. The summed E-state index contributed by atoms with van der Waals surface area (Å²) < 4.78 is 12.3. The van der Waals surface area contributed by atoms with Gasteiger partial charge in [0.15, 0.2) is 0 Å². The van der Waals surface area contributed by atoms with Gasteiger partial charge in [0.25, 0.3) is 0 Å². The topological polar surface area (TPSA) is 54.7 Å². The lowest BCUT2D eigenvalue weighted by molar-refractivity contribution is 0.365. The minimum atomic E-state index is -1.02. The number of alkyl halides is 1. The highest BCUT2D eigenvalue weighted by atomic mass is 19.1. The molecule has 1 rings (SSSR count). The van der Waals surface area contributed by atoms with Crippen LogP contribution in [0.4, 0.5) is 10.2 Å². The molecule has 0 amide bonds. The second-order valence-corrected chi connectivity index (χ2v) is 1.86. The molecule has 50 valence electrons. The Morgan fingerprint density at radius 1 is 1.89 bits per heavy atom. The zero-order valence-electron chi connectivity index (χ0n) is 5.06. The van der Waals surface area contributed by atoms with Crippen LogP contribution in [0.1, 0.15) is 18.8 Å². The number of halogens is 1. The molecule has 0 saturated carbocycles. The molecule has 0 aliphatic rings. The maximum Gasteiger partial charge on any atom is 0.145 e. The summed E-state index contributed by atoms with van der Waals surface area (Å²) in [6.07, 6.45) is -1.02. The van der Waals surface area contributed by atoms with Gasteiger partial charge in [-0.1, -0.05) is 0 Å². The van der Waals surface area contributed by atoms with Crippen molar-refractivity contribution in [3.8, 4) is 0 Å². The summed E-state index contributed by atoms with van der Waals surface area (Å²) >= 11 is 0. The van der Waals surface area contributed by atoms with E-state index < -0.39 is 6.17 Å². The van der Waals surface area contributed by atoms with Gasteiger partial charge >= 0.3 is 0 Å². The molecule has 3 nitrogen and oxygen atoms in total. The monoisotopic (exact) mass is 129 g/mol. The first-order valence-corrected chi connectivity index (χ1v) is 2.65. The number of nitrogens with one attached hydrogen (secondary N) is 1. The molecular formula is C5H8FN3. The lowest BCUT2D eigenvalue weighted by Gasteiger charge is -1.91. The van der Waals surface area contributed by atoms with Crippen LogP contribution in [0.2, 0.25) is 0 Å². The summed E-state index contributed by atoms with van der Waals surface area (Å²) in [6.45, 7) is 1.42. The smallest absolute Gasteiger partial charge is 0.145 e. The van der Waals surface area contributed by atoms with Crippen molar-refractivity contribution in [2.24, 2.45) is 0 Å². The summed E-state index contributed by atoms with van der Waals surface area (Å²) in [5.74, 6) is 0.328. The number of nitrogens with two attached hydrogens (primary N) is 1. The van der Waals surface area contributed by atoms with Crippen molar-refractivity contribution in [1.29, 1.82) is 0 Å². The third-order valence-corrected chi connectivity index (χ3v) is 1.05. The van der Waals surface area contributed by atoms with E-state index in [1.165, 1.54) is 13.0 Å². The SMILES string of the molecule is CC(F)c1cc(N)n[nH]1. The quantitative estimate of drug-likeness (QED) is 0.594. The van der Waals surface area contributed by atoms with E-state index in [-0.39, 0.29) is 0 Å². The standard InChI is InChI=1S/C5H8FN3/c1-3(6)4-2-5(7)9-8-4/h2-3H,1H3,(H3,7,8,9). The highest BCUT2D eigenvalue weighted by molar-refractivity contribution is 5.29. The third kappa shape index (κ3) is 1.19. The first-order valence-electron chi connectivity index (χ1n) is 2.65. The molecule has 4 heteroatoms. The average molecular weight is 129 g/mol. The normalized spacial score (nSPS) is 13.6. The largest absolute Gasteiger partial charge is 0.382 e. The van der Waals surface area contributed by atoms with E-state index in [1.807, 2.05) is 0 Å². The Balaban J connectivity index is 2.85. The molecule has 1 aromatic heterocycles. The Morgan fingerprint density at radius 2 is 2.56 bits per heavy atom. The molecule has 0 bridgehead atoms. The van der Waals surface area contributed by atoms with Gasteiger partial charge in [0, 0.05) is 6.07 Å². The molecule has 0 spiro atoms. The van der Waals surface area contributed by atoms with E-state index >= 15 is 0 Å². The van der Waals surface area contributed by atoms with Crippen molar-refractivity contribution < 1.29 is 4.39 Å². The lowest BCUT2D eigenvalue weighted by atomic mass is 10.3. The molecule has 0 saturated heterocycles. The fourth-order valence-electron chi connectivity index (χ4n) is 0.557. The van der Waals surface area contributed by atoms with Crippen LogP contribution in [0.15, 0.2) is 6.07 Å². The van der Waals surface area contributed by atoms with Crippen molar-refractivity contribution >= 4 is 5.82 Å². The van der Waals surface area contributed by atoms with Gasteiger partial charge in [0.2, 0.25) is 0 Å². The van der Waals surface area contributed by atoms with Crippen molar-refractivity contribution in [3.63, 3.8) is 0 Å². The summed E-state index contributed by atoms with van der Waals surface area (Å²) in [5.41, 5.74) is 5.63. The molecule has 0 fully saturated rings. The molecule has 9 heavy (non-hydrogen) atoms. The van der Waals surface area contributed by atoms with Gasteiger partial charge in [-0.05, 0) is 6.92 Å². The molecule has 1 unspecified atom stereocenters. The molecule has 0 aromatic carbocycles. The van der Waals surface area contributed by atoms with Crippen LogP contribution in [0.25, 0.3) is 0 Å². The minimum Gasteiger partial charge on any atom is -0.382 e. The second kappa shape index (κ2) is 2.05. The molecule has 1 aromatic rings. The maximum atomic E-state index is 12.3. The number of anilines is 1. The second-order valence-electron chi connectivity index (χ2n) is 1.86. The van der Waals surface area contributed by atoms with E-state index in [1.54, 1.807) is 0 Å². The Hall–Kier alpha value is -1.06. The van der Waals surface area contributed by atoms with Crippen molar-refractivity contribution in [2.75, 3.05) is 5.73 Å². The number of aromatic nitrogens is 2. The summed E-state index contributed by atoms with van der Waals surface area (Å²) in [7, 11) is 0. The number of nitrogen functional groups attached to an aromatic ring is 1. The summed E-state index contributed by atoms with van der Waals surface area (Å²) in [6, 6.07) is 1.48. The number of hydrogen-bond donors (Lipinski definition) is 2. The zero-order valence-corrected chi connectivity index (χ0v) is 5.06. The molecule has 0 aliphatic carbocycles. The van der Waals surface area contributed by atoms with Gasteiger partial charge in [-0.15, -0.1) is 0 Å². The van der Waals surface area contributed by atoms with Crippen LogP contribution in [0.5, 0.6) is 0 Å². The average Bonchev–Trinajstić information content (AvgIpc) is 2.14. The number of H-pyrrole nitrogens is 1. The van der Waals surface area contributed by atoms with Gasteiger partial charge in [0.05, 0.1) is 5.69 Å². The van der Waals surface area contributed by atoms with Crippen LogP contribution < -0.4 is 5.73 Å².